The van der Waals surface area contributed by atoms with Crippen LogP contribution in [0.4, 0.5) is 5.69 Å². The molecular formula is C16H15BrN2S. The number of thioether (sulfide) groups is 1. The number of hydrogen-bond donors (Lipinski definition) is 1. The minimum atomic E-state index is 0.530. The van der Waals surface area contributed by atoms with Crippen LogP contribution < -0.4 is 5.32 Å². The molecule has 102 valence electrons. The first-order chi connectivity index (χ1) is 9.79. The van der Waals surface area contributed by atoms with Crippen molar-refractivity contribution in [3.05, 3.63) is 64.6 Å². The Hall–Kier alpha value is -1.26. The van der Waals surface area contributed by atoms with Crippen LogP contribution in [0.25, 0.3) is 0 Å². The van der Waals surface area contributed by atoms with Crippen LogP contribution in [0.1, 0.15) is 5.56 Å². The first kappa shape index (κ1) is 13.7. The van der Waals surface area contributed by atoms with Crippen molar-refractivity contribution in [1.29, 1.82) is 0 Å². The number of nitrogens with zero attached hydrogens (tertiary/aromatic N) is 1. The van der Waals surface area contributed by atoms with Crippen molar-refractivity contribution < 1.29 is 0 Å². The van der Waals surface area contributed by atoms with E-state index < -0.39 is 0 Å². The number of amidine groups is 1. The van der Waals surface area contributed by atoms with E-state index in [4.69, 9.17) is 0 Å². The number of para-hydroxylation sites is 1. The van der Waals surface area contributed by atoms with Gasteiger partial charge < -0.3 is 5.32 Å². The molecule has 1 heterocycles. The lowest BCUT2D eigenvalue weighted by molar-refractivity contribution is 0.870. The Morgan fingerprint density at radius 2 is 1.85 bits per heavy atom. The second kappa shape index (κ2) is 6.46. The monoisotopic (exact) mass is 346 g/mol. The molecule has 0 bridgehead atoms. The Morgan fingerprint density at radius 1 is 1.10 bits per heavy atom. The Balaban J connectivity index is 1.55. The second-order valence-corrected chi connectivity index (χ2v) is 6.91. The molecule has 0 radical (unpaired) electrons. The minimum absolute atomic E-state index is 0.530. The van der Waals surface area contributed by atoms with Crippen molar-refractivity contribution in [2.24, 2.45) is 4.99 Å². The van der Waals surface area contributed by atoms with Crippen LogP contribution in [-0.2, 0) is 6.42 Å². The van der Waals surface area contributed by atoms with E-state index in [9.17, 15) is 0 Å². The molecule has 0 spiro atoms. The first-order valence-corrected chi connectivity index (χ1v) is 8.24. The number of benzene rings is 2. The van der Waals surface area contributed by atoms with Gasteiger partial charge >= 0.3 is 0 Å². The van der Waals surface area contributed by atoms with E-state index in [1.165, 1.54) is 5.56 Å². The Morgan fingerprint density at radius 3 is 2.60 bits per heavy atom. The van der Waals surface area contributed by atoms with Gasteiger partial charge in [0.15, 0.2) is 5.17 Å². The summed E-state index contributed by atoms with van der Waals surface area (Å²) in [6.07, 6.45) is 1.06. The van der Waals surface area contributed by atoms with Crippen LogP contribution >= 0.6 is 27.7 Å². The number of halogens is 1. The summed E-state index contributed by atoms with van der Waals surface area (Å²) in [5, 5.41) is 4.93. The maximum atomic E-state index is 4.59. The van der Waals surface area contributed by atoms with Gasteiger partial charge in [-0.3, -0.25) is 4.99 Å². The Bertz CT molecular complexity index is 596. The molecule has 2 nitrogen and oxygen atoms in total. The SMILES string of the molecule is Brc1ccc(CC2CN=C(Nc3ccccc3)S2)cc1. The summed E-state index contributed by atoms with van der Waals surface area (Å²) in [4.78, 5) is 4.59. The number of rotatable bonds is 3. The highest BCUT2D eigenvalue weighted by Crippen LogP contribution is 2.26. The zero-order valence-electron chi connectivity index (χ0n) is 10.9. The summed E-state index contributed by atoms with van der Waals surface area (Å²) in [6, 6.07) is 18.7. The standard InChI is InChI=1S/C16H15BrN2S/c17-13-8-6-12(7-9-13)10-15-11-18-16(20-15)19-14-4-2-1-3-5-14/h1-9,15H,10-11H2,(H,18,19). The van der Waals surface area contributed by atoms with E-state index in [1.54, 1.807) is 0 Å². The van der Waals surface area contributed by atoms with Gasteiger partial charge in [0.2, 0.25) is 0 Å². The summed E-state index contributed by atoms with van der Waals surface area (Å²) in [5.74, 6) is 0. The smallest absolute Gasteiger partial charge is 0.161 e. The molecule has 1 N–H and O–H groups in total. The van der Waals surface area contributed by atoms with Crippen LogP contribution in [-0.4, -0.2) is 17.0 Å². The molecule has 0 amide bonds. The van der Waals surface area contributed by atoms with E-state index in [0.29, 0.717) is 5.25 Å². The molecule has 0 saturated carbocycles. The summed E-state index contributed by atoms with van der Waals surface area (Å²) in [6.45, 7) is 0.885. The van der Waals surface area contributed by atoms with E-state index in [0.717, 1.165) is 28.3 Å². The normalized spacial score (nSPS) is 17.9. The van der Waals surface area contributed by atoms with Crippen LogP contribution in [0, 0.1) is 0 Å². The number of nitrogens with one attached hydrogen (secondary N) is 1. The van der Waals surface area contributed by atoms with Crippen LogP contribution in [0.3, 0.4) is 0 Å². The van der Waals surface area contributed by atoms with Gasteiger partial charge in [0.05, 0.1) is 6.54 Å². The van der Waals surface area contributed by atoms with E-state index >= 15 is 0 Å². The van der Waals surface area contributed by atoms with E-state index in [-0.39, 0.29) is 0 Å². The maximum Gasteiger partial charge on any atom is 0.161 e. The molecule has 20 heavy (non-hydrogen) atoms. The summed E-state index contributed by atoms with van der Waals surface area (Å²) in [5.41, 5.74) is 2.46. The number of aliphatic imine (C=N–C) groups is 1. The van der Waals surface area contributed by atoms with Crippen molar-refractivity contribution in [2.45, 2.75) is 11.7 Å². The molecule has 1 atom stereocenters. The van der Waals surface area contributed by atoms with Crippen molar-refractivity contribution in [2.75, 3.05) is 11.9 Å². The van der Waals surface area contributed by atoms with Gasteiger partial charge in [0.25, 0.3) is 0 Å². The molecule has 2 aromatic rings. The molecule has 1 aliphatic rings. The highest BCUT2D eigenvalue weighted by molar-refractivity contribution is 9.10. The molecule has 4 heteroatoms. The molecule has 2 aromatic carbocycles. The van der Waals surface area contributed by atoms with Crippen molar-refractivity contribution in [3.63, 3.8) is 0 Å². The number of anilines is 1. The van der Waals surface area contributed by atoms with Crippen molar-refractivity contribution in [1.82, 2.24) is 0 Å². The second-order valence-electron chi connectivity index (χ2n) is 4.71. The van der Waals surface area contributed by atoms with Gasteiger partial charge in [0, 0.05) is 15.4 Å². The van der Waals surface area contributed by atoms with Crippen molar-refractivity contribution >= 4 is 38.5 Å². The third-order valence-corrected chi connectivity index (χ3v) is 4.75. The average molecular weight is 347 g/mol. The van der Waals surface area contributed by atoms with E-state index in [2.05, 4.69) is 62.6 Å². The third kappa shape index (κ3) is 3.64. The molecule has 1 unspecified atom stereocenters. The predicted molar refractivity (Wildman–Crippen MR) is 91.6 cm³/mol. The largest absolute Gasteiger partial charge is 0.335 e. The van der Waals surface area contributed by atoms with Crippen LogP contribution in [0.2, 0.25) is 0 Å². The topological polar surface area (TPSA) is 24.4 Å². The molecule has 1 aliphatic heterocycles. The van der Waals surface area contributed by atoms with Gasteiger partial charge in [-0.2, -0.15) is 0 Å². The predicted octanol–water partition coefficient (Wildman–Crippen LogP) is 4.58. The fourth-order valence-electron chi connectivity index (χ4n) is 2.12. The van der Waals surface area contributed by atoms with Gasteiger partial charge in [-0.15, -0.1) is 0 Å². The molecular weight excluding hydrogens is 332 g/mol. The fraction of sp³-hybridized carbons (Fsp3) is 0.188. The van der Waals surface area contributed by atoms with E-state index in [1.807, 2.05) is 30.0 Å². The Labute approximate surface area is 131 Å². The van der Waals surface area contributed by atoms with Crippen LogP contribution in [0.15, 0.2) is 64.1 Å². The van der Waals surface area contributed by atoms with Gasteiger partial charge in [-0.1, -0.05) is 58.0 Å². The molecule has 0 aromatic heterocycles. The first-order valence-electron chi connectivity index (χ1n) is 6.57. The zero-order valence-corrected chi connectivity index (χ0v) is 13.3. The lowest BCUT2D eigenvalue weighted by Gasteiger charge is -2.09. The highest BCUT2D eigenvalue weighted by atomic mass is 79.9. The Kier molecular flexibility index (Phi) is 4.43. The quantitative estimate of drug-likeness (QED) is 0.879. The summed E-state index contributed by atoms with van der Waals surface area (Å²) < 4.78 is 1.13. The molecule has 0 aliphatic carbocycles. The van der Waals surface area contributed by atoms with Crippen LogP contribution in [0.5, 0.6) is 0 Å². The third-order valence-electron chi connectivity index (χ3n) is 3.12. The zero-order chi connectivity index (χ0) is 13.8. The fourth-order valence-corrected chi connectivity index (χ4v) is 3.45. The average Bonchev–Trinajstić information content (AvgIpc) is 2.90. The summed E-state index contributed by atoms with van der Waals surface area (Å²) in [7, 11) is 0. The summed E-state index contributed by atoms with van der Waals surface area (Å²) >= 11 is 5.30. The molecule has 3 rings (SSSR count). The lowest BCUT2D eigenvalue weighted by Crippen LogP contribution is -2.10. The maximum absolute atomic E-state index is 4.59. The van der Waals surface area contributed by atoms with Crippen molar-refractivity contribution in [3.8, 4) is 0 Å². The molecule has 0 fully saturated rings. The van der Waals surface area contributed by atoms with Gasteiger partial charge in [0.1, 0.15) is 0 Å². The van der Waals surface area contributed by atoms with Gasteiger partial charge in [-0.25, -0.2) is 0 Å². The van der Waals surface area contributed by atoms with Gasteiger partial charge in [-0.05, 0) is 36.2 Å². The molecule has 0 saturated heterocycles. The number of hydrogen-bond acceptors (Lipinski definition) is 3. The lowest BCUT2D eigenvalue weighted by atomic mass is 10.1. The highest BCUT2D eigenvalue weighted by Gasteiger charge is 2.19. The minimum Gasteiger partial charge on any atom is -0.335 e.